The van der Waals surface area contributed by atoms with Crippen LogP contribution in [0, 0.1) is 13.8 Å². The number of piperazine rings is 1. The number of carbonyl (C=O) groups excluding carboxylic acids is 1. The Bertz CT molecular complexity index is 957. The van der Waals surface area contributed by atoms with Crippen molar-refractivity contribution in [3.05, 3.63) is 65.4 Å². The van der Waals surface area contributed by atoms with Gasteiger partial charge in [-0.05, 0) is 48.7 Å². The van der Waals surface area contributed by atoms with Gasteiger partial charge < -0.3 is 10.2 Å². The van der Waals surface area contributed by atoms with Gasteiger partial charge in [-0.2, -0.15) is 0 Å². The van der Waals surface area contributed by atoms with Crippen LogP contribution in [0.25, 0.3) is 22.0 Å². The summed E-state index contributed by atoms with van der Waals surface area (Å²) >= 11 is 0. The summed E-state index contributed by atoms with van der Waals surface area (Å²) < 4.78 is 0. The van der Waals surface area contributed by atoms with E-state index < -0.39 is 0 Å². The molecular weight excluding hydrogens is 322 g/mol. The van der Waals surface area contributed by atoms with E-state index in [-0.39, 0.29) is 5.91 Å². The summed E-state index contributed by atoms with van der Waals surface area (Å²) in [6.07, 6.45) is 1.92. The molecule has 0 radical (unpaired) electrons. The molecule has 4 rings (SSSR count). The highest BCUT2D eigenvalue weighted by molar-refractivity contribution is 5.95. The van der Waals surface area contributed by atoms with Crippen LogP contribution in [-0.2, 0) is 0 Å². The second-order valence-corrected chi connectivity index (χ2v) is 6.92. The number of aromatic nitrogens is 1. The van der Waals surface area contributed by atoms with Gasteiger partial charge in [-0.3, -0.25) is 9.78 Å². The number of hydrogen-bond donors (Lipinski definition) is 1. The first-order valence-corrected chi connectivity index (χ1v) is 9.10. The van der Waals surface area contributed by atoms with Crippen molar-refractivity contribution in [3.63, 3.8) is 0 Å². The van der Waals surface area contributed by atoms with E-state index in [1.165, 1.54) is 11.1 Å². The van der Waals surface area contributed by atoms with E-state index in [9.17, 15) is 4.79 Å². The standard InChI is InChI=1S/C22H23N3O/c1-15-3-4-19-13-20(14-24-21(19)16(15)2)17-5-7-18(8-6-17)22(26)25-11-9-23-10-12-25/h3-8,13-14,23H,9-12H2,1-2H3. The zero-order chi connectivity index (χ0) is 18.1. The molecule has 0 saturated carbocycles. The molecule has 132 valence electrons. The van der Waals surface area contributed by atoms with Crippen molar-refractivity contribution in [1.29, 1.82) is 0 Å². The number of nitrogens with zero attached hydrogens (tertiary/aromatic N) is 2. The molecule has 26 heavy (non-hydrogen) atoms. The molecule has 1 aliphatic rings. The molecule has 0 aliphatic carbocycles. The Morgan fingerprint density at radius 3 is 2.46 bits per heavy atom. The number of nitrogens with one attached hydrogen (secondary N) is 1. The molecule has 2 heterocycles. The van der Waals surface area contributed by atoms with Gasteiger partial charge in [0.05, 0.1) is 5.52 Å². The average molecular weight is 345 g/mol. The van der Waals surface area contributed by atoms with E-state index in [2.05, 4.69) is 42.3 Å². The van der Waals surface area contributed by atoms with Crippen LogP contribution in [0.5, 0.6) is 0 Å². The van der Waals surface area contributed by atoms with Crippen molar-refractivity contribution in [2.24, 2.45) is 0 Å². The van der Waals surface area contributed by atoms with Gasteiger partial charge in [0.1, 0.15) is 0 Å². The Kier molecular flexibility index (Phi) is 4.43. The van der Waals surface area contributed by atoms with Crippen molar-refractivity contribution in [3.8, 4) is 11.1 Å². The molecule has 0 unspecified atom stereocenters. The third-order valence-corrected chi connectivity index (χ3v) is 5.25. The predicted molar refractivity (Wildman–Crippen MR) is 105 cm³/mol. The lowest BCUT2D eigenvalue weighted by atomic mass is 10.0. The van der Waals surface area contributed by atoms with Crippen LogP contribution in [0.1, 0.15) is 21.5 Å². The number of pyridine rings is 1. The lowest BCUT2D eigenvalue weighted by molar-refractivity contribution is 0.0736. The van der Waals surface area contributed by atoms with Gasteiger partial charge in [0, 0.05) is 48.9 Å². The smallest absolute Gasteiger partial charge is 0.253 e. The predicted octanol–water partition coefficient (Wildman–Crippen LogP) is 3.56. The molecule has 1 aliphatic heterocycles. The fourth-order valence-electron chi connectivity index (χ4n) is 3.46. The fourth-order valence-corrected chi connectivity index (χ4v) is 3.46. The number of amides is 1. The van der Waals surface area contributed by atoms with E-state index in [0.29, 0.717) is 0 Å². The lowest BCUT2D eigenvalue weighted by Gasteiger charge is -2.27. The third kappa shape index (κ3) is 3.08. The largest absolute Gasteiger partial charge is 0.336 e. The van der Waals surface area contributed by atoms with Crippen LogP contribution in [0.15, 0.2) is 48.7 Å². The van der Waals surface area contributed by atoms with Gasteiger partial charge in [0.2, 0.25) is 0 Å². The maximum absolute atomic E-state index is 12.6. The van der Waals surface area contributed by atoms with Crippen molar-refractivity contribution in [1.82, 2.24) is 15.2 Å². The van der Waals surface area contributed by atoms with E-state index in [0.717, 1.165) is 53.8 Å². The number of carbonyl (C=O) groups is 1. The van der Waals surface area contributed by atoms with Crippen LogP contribution >= 0.6 is 0 Å². The van der Waals surface area contributed by atoms with Gasteiger partial charge in [0.25, 0.3) is 5.91 Å². The molecule has 1 fully saturated rings. The van der Waals surface area contributed by atoms with Gasteiger partial charge in [-0.25, -0.2) is 0 Å². The monoisotopic (exact) mass is 345 g/mol. The normalized spacial score (nSPS) is 14.6. The summed E-state index contributed by atoms with van der Waals surface area (Å²) in [5.74, 6) is 0.112. The zero-order valence-corrected chi connectivity index (χ0v) is 15.2. The SMILES string of the molecule is Cc1ccc2cc(-c3ccc(C(=O)N4CCNCC4)cc3)cnc2c1C. The Hall–Kier alpha value is -2.72. The zero-order valence-electron chi connectivity index (χ0n) is 15.2. The molecule has 1 saturated heterocycles. The Morgan fingerprint density at radius 1 is 1.00 bits per heavy atom. The number of hydrogen-bond acceptors (Lipinski definition) is 3. The molecular formula is C22H23N3O. The van der Waals surface area contributed by atoms with Crippen LogP contribution in [0.2, 0.25) is 0 Å². The number of rotatable bonds is 2. The van der Waals surface area contributed by atoms with Crippen molar-refractivity contribution in [2.45, 2.75) is 13.8 Å². The Morgan fingerprint density at radius 2 is 1.73 bits per heavy atom. The topological polar surface area (TPSA) is 45.2 Å². The molecule has 2 aromatic carbocycles. The van der Waals surface area contributed by atoms with E-state index in [1.807, 2.05) is 35.4 Å². The lowest BCUT2D eigenvalue weighted by Crippen LogP contribution is -2.46. The van der Waals surface area contributed by atoms with Gasteiger partial charge in [0.15, 0.2) is 0 Å². The summed E-state index contributed by atoms with van der Waals surface area (Å²) in [7, 11) is 0. The number of aryl methyl sites for hydroxylation is 2. The summed E-state index contributed by atoms with van der Waals surface area (Å²) in [5.41, 5.74) is 6.44. The molecule has 3 aromatic rings. The summed E-state index contributed by atoms with van der Waals surface area (Å²) in [4.78, 5) is 19.2. The molecule has 1 amide bonds. The van der Waals surface area contributed by atoms with Gasteiger partial charge >= 0.3 is 0 Å². The minimum absolute atomic E-state index is 0.112. The van der Waals surface area contributed by atoms with Gasteiger partial charge in [-0.15, -0.1) is 0 Å². The molecule has 4 heteroatoms. The number of fused-ring (bicyclic) bond motifs is 1. The maximum Gasteiger partial charge on any atom is 0.253 e. The van der Waals surface area contributed by atoms with E-state index in [1.54, 1.807) is 0 Å². The third-order valence-electron chi connectivity index (χ3n) is 5.25. The minimum atomic E-state index is 0.112. The highest BCUT2D eigenvalue weighted by Gasteiger charge is 2.17. The first-order chi connectivity index (χ1) is 12.6. The van der Waals surface area contributed by atoms with Crippen LogP contribution in [0.3, 0.4) is 0 Å². The van der Waals surface area contributed by atoms with Crippen molar-refractivity contribution >= 4 is 16.8 Å². The van der Waals surface area contributed by atoms with E-state index >= 15 is 0 Å². The molecule has 4 nitrogen and oxygen atoms in total. The second kappa shape index (κ2) is 6.89. The number of benzene rings is 2. The first-order valence-electron chi connectivity index (χ1n) is 9.10. The second-order valence-electron chi connectivity index (χ2n) is 6.92. The Balaban J connectivity index is 1.61. The highest BCUT2D eigenvalue weighted by Crippen LogP contribution is 2.26. The highest BCUT2D eigenvalue weighted by atomic mass is 16.2. The maximum atomic E-state index is 12.6. The van der Waals surface area contributed by atoms with Crippen LogP contribution in [0.4, 0.5) is 0 Å². The molecule has 1 N–H and O–H groups in total. The summed E-state index contributed by atoms with van der Waals surface area (Å²) in [6, 6.07) is 14.3. The molecule has 0 atom stereocenters. The fraction of sp³-hybridized carbons (Fsp3) is 0.273. The van der Waals surface area contributed by atoms with E-state index in [4.69, 9.17) is 0 Å². The van der Waals surface area contributed by atoms with Crippen molar-refractivity contribution in [2.75, 3.05) is 26.2 Å². The quantitative estimate of drug-likeness (QED) is 0.772. The Labute approximate surface area is 153 Å². The molecule has 0 bridgehead atoms. The van der Waals surface area contributed by atoms with Crippen molar-refractivity contribution < 1.29 is 4.79 Å². The molecule has 0 spiro atoms. The summed E-state index contributed by atoms with van der Waals surface area (Å²) in [5, 5.41) is 4.42. The van der Waals surface area contributed by atoms with Gasteiger partial charge in [-0.1, -0.05) is 24.3 Å². The minimum Gasteiger partial charge on any atom is -0.336 e. The average Bonchev–Trinajstić information content (AvgIpc) is 2.71. The first kappa shape index (κ1) is 16.7. The van der Waals surface area contributed by atoms with Crippen LogP contribution in [-0.4, -0.2) is 42.0 Å². The summed E-state index contributed by atoms with van der Waals surface area (Å²) in [6.45, 7) is 7.50. The molecule has 1 aromatic heterocycles. The van der Waals surface area contributed by atoms with Crippen LogP contribution < -0.4 is 5.32 Å².